The number of aromatic nitrogens is 1. The van der Waals surface area contributed by atoms with Gasteiger partial charge in [0.05, 0.1) is 11.6 Å². The van der Waals surface area contributed by atoms with Gasteiger partial charge in [0.15, 0.2) is 0 Å². The number of likely N-dealkylation sites (tertiary alicyclic amines) is 1. The highest BCUT2D eigenvalue weighted by Crippen LogP contribution is 2.40. The van der Waals surface area contributed by atoms with Gasteiger partial charge in [0, 0.05) is 29.5 Å². The molecule has 0 bridgehead atoms. The largest absolute Gasteiger partial charge is 0.507 e. The topological polar surface area (TPSA) is 70.5 Å². The van der Waals surface area contributed by atoms with E-state index in [1.54, 1.807) is 42.7 Å². The number of ketones is 1. The van der Waals surface area contributed by atoms with Crippen LogP contribution < -0.4 is 0 Å². The maximum Gasteiger partial charge on any atom is 0.295 e. The minimum Gasteiger partial charge on any atom is -0.507 e. The van der Waals surface area contributed by atoms with E-state index in [4.69, 9.17) is 11.6 Å². The molecular weight excluding hydrogens is 400 g/mol. The van der Waals surface area contributed by atoms with Crippen LogP contribution in [0.2, 0.25) is 5.02 Å². The fourth-order valence-corrected chi connectivity index (χ4v) is 3.81. The Morgan fingerprint density at radius 3 is 2.53 bits per heavy atom. The first kappa shape index (κ1) is 19.9. The number of benzene rings is 2. The van der Waals surface area contributed by atoms with Crippen molar-refractivity contribution in [3.8, 4) is 0 Å². The van der Waals surface area contributed by atoms with Gasteiger partial charge in [-0.3, -0.25) is 14.6 Å². The zero-order chi connectivity index (χ0) is 21.3. The van der Waals surface area contributed by atoms with Gasteiger partial charge in [-0.25, -0.2) is 0 Å². The van der Waals surface area contributed by atoms with Crippen LogP contribution in [0.15, 0.2) is 78.6 Å². The number of hydrogen-bond donors (Lipinski definition) is 1. The third kappa shape index (κ3) is 3.72. The number of aliphatic hydroxyl groups excluding tert-OH is 1. The van der Waals surface area contributed by atoms with E-state index < -0.39 is 17.7 Å². The van der Waals surface area contributed by atoms with Crippen molar-refractivity contribution in [2.45, 2.75) is 19.5 Å². The van der Waals surface area contributed by atoms with Gasteiger partial charge in [-0.05, 0) is 48.4 Å². The Kier molecular flexibility index (Phi) is 5.38. The summed E-state index contributed by atoms with van der Waals surface area (Å²) in [6, 6.07) is 17.0. The number of amides is 1. The molecule has 1 aliphatic heterocycles. The number of carbonyl (C=O) groups excluding carboxylic acids is 2. The molecule has 2 aromatic carbocycles. The number of Topliss-reactive ketones (excluding diaryl/α,β-unsaturated/α-hetero) is 1. The van der Waals surface area contributed by atoms with Gasteiger partial charge in [0.2, 0.25) is 0 Å². The van der Waals surface area contributed by atoms with Gasteiger partial charge < -0.3 is 10.0 Å². The standard InChI is InChI=1S/C24H19ClN2O3/c1-15-4-2-6-18(12-15)21-20(22(28)17-7-9-19(25)10-8-17)23(29)24(30)27(21)14-16-5-3-11-26-13-16/h2-13,21,28H,14H2,1H3/b22-20-. The molecule has 1 amide bonds. The van der Waals surface area contributed by atoms with Crippen LogP contribution >= 0.6 is 11.6 Å². The number of rotatable bonds is 4. The monoisotopic (exact) mass is 418 g/mol. The maximum atomic E-state index is 13.0. The fraction of sp³-hybridized carbons (Fsp3) is 0.125. The van der Waals surface area contributed by atoms with E-state index in [0.717, 1.165) is 16.7 Å². The molecule has 1 fully saturated rings. The molecule has 0 saturated carbocycles. The summed E-state index contributed by atoms with van der Waals surface area (Å²) in [4.78, 5) is 31.6. The zero-order valence-electron chi connectivity index (χ0n) is 16.2. The van der Waals surface area contributed by atoms with E-state index in [1.807, 2.05) is 37.3 Å². The third-order valence-electron chi connectivity index (χ3n) is 5.09. The quantitative estimate of drug-likeness (QED) is 0.380. The lowest BCUT2D eigenvalue weighted by molar-refractivity contribution is -0.140. The smallest absolute Gasteiger partial charge is 0.295 e. The normalized spacial score (nSPS) is 18.1. The lowest BCUT2D eigenvalue weighted by atomic mass is 9.94. The molecule has 2 heterocycles. The van der Waals surface area contributed by atoms with Crippen molar-refractivity contribution in [1.29, 1.82) is 0 Å². The summed E-state index contributed by atoms with van der Waals surface area (Å²) in [6.07, 6.45) is 3.31. The first-order valence-electron chi connectivity index (χ1n) is 9.45. The molecule has 0 aliphatic carbocycles. The van der Waals surface area contributed by atoms with Crippen molar-refractivity contribution in [2.24, 2.45) is 0 Å². The lowest BCUT2D eigenvalue weighted by Crippen LogP contribution is -2.29. The van der Waals surface area contributed by atoms with Crippen molar-refractivity contribution in [3.05, 3.63) is 106 Å². The van der Waals surface area contributed by atoms with Gasteiger partial charge in [-0.1, -0.05) is 47.5 Å². The molecule has 6 heteroatoms. The molecule has 4 rings (SSSR count). The highest BCUT2D eigenvalue weighted by atomic mass is 35.5. The summed E-state index contributed by atoms with van der Waals surface area (Å²) in [5, 5.41) is 11.5. The summed E-state index contributed by atoms with van der Waals surface area (Å²) >= 11 is 5.95. The zero-order valence-corrected chi connectivity index (χ0v) is 17.0. The Balaban J connectivity index is 1.87. The van der Waals surface area contributed by atoms with Crippen LogP contribution in [0.4, 0.5) is 0 Å². The number of aryl methyl sites for hydroxylation is 1. The highest BCUT2D eigenvalue weighted by Gasteiger charge is 2.46. The molecule has 0 spiro atoms. The van der Waals surface area contributed by atoms with Gasteiger partial charge in [0.1, 0.15) is 5.76 Å². The van der Waals surface area contributed by atoms with Crippen molar-refractivity contribution in [2.75, 3.05) is 0 Å². The molecule has 1 unspecified atom stereocenters. The van der Waals surface area contributed by atoms with E-state index >= 15 is 0 Å². The van der Waals surface area contributed by atoms with E-state index in [-0.39, 0.29) is 17.9 Å². The van der Waals surface area contributed by atoms with E-state index in [2.05, 4.69) is 4.98 Å². The van der Waals surface area contributed by atoms with Crippen molar-refractivity contribution in [3.63, 3.8) is 0 Å². The van der Waals surface area contributed by atoms with Crippen LogP contribution in [0.25, 0.3) is 5.76 Å². The summed E-state index contributed by atoms with van der Waals surface area (Å²) in [7, 11) is 0. The second-order valence-corrected chi connectivity index (χ2v) is 7.65. The van der Waals surface area contributed by atoms with Crippen molar-refractivity contribution >= 4 is 29.1 Å². The molecule has 150 valence electrons. The summed E-state index contributed by atoms with van der Waals surface area (Å²) < 4.78 is 0. The predicted octanol–water partition coefficient (Wildman–Crippen LogP) is 4.67. The summed E-state index contributed by atoms with van der Waals surface area (Å²) in [5.74, 6) is -1.58. The molecule has 1 aromatic heterocycles. The molecule has 1 aliphatic rings. The summed E-state index contributed by atoms with van der Waals surface area (Å²) in [5.41, 5.74) is 3.04. The molecular formula is C24H19ClN2O3. The first-order chi connectivity index (χ1) is 14.5. The molecule has 30 heavy (non-hydrogen) atoms. The first-order valence-corrected chi connectivity index (χ1v) is 9.83. The minimum atomic E-state index is -0.710. The number of hydrogen-bond acceptors (Lipinski definition) is 4. The maximum absolute atomic E-state index is 13.0. The number of pyridine rings is 1. The molecule has 3 aromatic rings. The Morgan fingerprint density at radius 2 is 1.87 bits per heavy atom. The van der Waals surface area contributed by atoms with E-state index in [9.17, 15) is 14.7 Å². The van der Waals surface area contributed by atoms with Crippen LogP contribution in [-0.4, -0.2) is 26.7 Å². The van der Waals surface area contributed by atoms with Crippen molar-refractivity contribution in [1.82, 2.24) is 9.88 Å². The molecule has 1 saturated heterocycles. The number of nitrogens with zero attached hydrogens (tertiary/aromatic N) is 2. The Labute approximate surface area is 179 Å². The van der Waals surface area contributed by atoms with Crippen LogP contribution in [0.5, 0.6) is 0 Å². The number of aliphatic hydroxyl groups is 1. The molecule has 1 atom stereocenters. The number of carbonyl (C=O) groups is 2. The minimum absolute atomic E-state index is 0.0665. The van der Waals surface area contributed by atoms with Gasteiger partial charge in [0.25, 0.3) is 11.7 Å². The van der Waals surface area contributed by atoms with E-state index in [1.165, 1.54) is 4.90 Å². The fourth-order valence-electron chi connectivity index (χ4n) is 3.68. The Hall–Kier alpha value is -3.44. The van der Waals surface area contributed by atoms with Gasteiger partial charge in [-0.2, -0.15) is 0 Å². The third-order valence-corrected chi connectivity index (χ3v) is 5.34. The Morgan fingerprint density at radius 1 is 1.10 bits per heavy atom. The van der Waals surface area contributed by atoms with E-state index in [0.29, 0.717) is 10.6 Å². The average molecular weight is 419 g/mol. The van der Waals surface area contributed by atoms with Gasteiger partial charge >= 0.3 is 0 Å². The van der Waals surface area contributed by atoms with Crippen LogP contribution in [-0.2, 0) is 16.1 Å². The van der Waals surface area contributed by atoms with Crippen LogP contribution in [0, 0.1) is 6.92 Å². The highest BCUT2D eigenvalue weighted by molar-refractivity contribution is 6.46. The second kappa shape index (κ2) is 8.13. The second-order valence-electron chi connectivity index (χ2n) is 7.21. The lowest BCUT2D eigenvalue weighted by Gasteiger charge is -2.25. The predicted molar refractivity (Wildman–Crippen MR) is 115 cm³/mol. The average Bonchev–Trinajstić information content (AvgIpc) is 2.99. The van der Waals surface area contributed by atoms with Crippen LogP contribution in [0.3, 0.4) is 0 Å². The Bertz CT molecular complexity index is 1140. The van der Waals surface area contributed by atoms with Gasteiger partial charge in [-0.15, -0.1) is 0 Å². The molecule has 1 N–H and O–H groups in total. The molecule has 0 radical (unpaired) electrons. The summed E-state index contributed by atoms with van der Waals surface area (Å²) in [6.45, 7) is 2.14. The van der Waals surface area contributed by atoms with Crippen LogP contribution in [0.1, 0.15) is 28.3 Å². The number of halogens is 1. The molecule has 5 nitrogen and oxygen atoms in total. The SMILES string of the molecule is Cc1cccc(C2/C(=C(/O)c3ccc(Cl)cc3)C(=O)C(=O)N2Cc2cccnc2)c1. The van der Waals surface area contributed by atoms with Crippen molar-refractivity contribution < 1.29 is 14.7 Å².